The molecule has 0 fully saturated rings. The van der Waals surface area contributed by atoms with Crippen molar-refractivity contribution in [3.8, 4) is 11.5 Å². The summed E-state index contributed by atoms with van der Waals surface area (Å²) in [6.07, 6.45) is 1.39. The molecule has 4 aromatic rings. The van der Waals surface area contributed by atoms with Gasteiger partial charge < -0.3 is 14.5 Å². The molecule has 10 nitrogen and oxygen atoms in total. The molecule has 0 amide bonds. The number of nitrogens with zero attached hydrogens (tertiary/aromatic N) is 3. The molecule has 178 valence electrons. The van der Waals surface area contributed by atoms with Crippen LogP contribution in [0.5, 0.6) is 11.5 Å². The number of rotatable bonds is 8. The van der Waals surface area contributed by atoms with Gasteiger partial charge >= 0.3 is 5.69 Å². The Morgan fingerprint density at radius 3 is 2.69 bits per heavy atom. The van der Waals surface area contributed by atoms with Gasteiger partial charge in [-0.05, 0) is 64.9 Å². The number of nitrogens with one attached hydrogen (secondary N) is 1. The number of benzene rings is 3. The van der Waals surface area contributed by atoms with Crippen molar-refractivity contribution in [2.75, 3.05) is 6.61 Å². The monoisotopic (exact) mass is 586 g/mol. The molecule has 0 aliphatic carbocycles. The summed E-state index contributed by atoms with van der Waals surface area (Å²) in [4.78, 5) is 38.2. The Bertz CT molecular complexity index is 1560. The minimum Gasteiger partial charge on any atom is -0.490 e. The highest BCUT2D eigenvalue weighted by molar-refractivity contribution is 14.1. The van der Waals surface area contributed by atoms with Gasteiger partial charge in [0.05, 0.1) is 32.2 Å². The van der Waals surface area contributed by atoms with Crippen molar-refractivity contribution in [3.05, 3.63) is 106 Å². The maximum atomic E-state index is 12.7. The smallest absolute Gasteiger partial charge is 0.349 e. The third-order valence-corrected chi connectivity index (χ3v) is 5.74. The SMILES string of the molecule is CCOc1cc(C=Nn2c(=O)[nH]c3ccccc3c2=O)cc(I)c1OCc1cccc([N+](=O)[O-])c1. The minimum atomic E-state index is -0.651. The number of H-pyrrole nitrogens is 1. The standard InChI is InChI=1S/C24H19IN4O6/c1-2-34-21-12-16(13-26-28-23(30)18-8-3-4-9-20(18)27-24(28)31)11-19(25)22(21)35-14-15-6-5-7-17(10-15)29(32)33/h3-13H,2,14H2,1H3,(H,27,31). The van der Waals surface area contributed by atoms with Crippen LogP contribution in [0.3, 0.4) is 0 Å². The molecule has 0 saturated heterocycles. The molecule has 0 unspecified atom stereocenters. The van der Waals surface area contributed by atoms with Crippen LogP contribution in [-0.2, 0) is 6.61 Å². The maximum Gasteiger partial charge on any atom is 0.349 e. The van der Waals surface area contributed by atoms with Crippen molar-refractivity contribution >= 4 is 45.4 Å². The molecule has 1 heterocycles. The molecule has 4 rings (SSSR count). The zero-order valence-electron chi connectivity index (χ0n) is 18.4. The maximum absolute atomic E-state index is 12.7. The average molecular weight is 586 g/mol. The van der Waals surface area contributed by atoms with Gasteiger partial charge in [-0.15, -0.1) is 4.68 Å². The topological polar surface area (TPSA) is 129 Å². The molecule has 0 radical (unpaired) electrons. The first-order chi connectivity index (χ1) is 16.9. The Morgan fingerprint density at radius 1 is 1.11 bits per heavy atom. The number of non-ortho nitro benzene ring substituents is 1. The van der Waals surface area contributed by atoms with Crippen LogP contribution in [0.2, 0.25) is 0 Å². The van der Waals surface area contributed by atoms with Crippen LogP contribution < -0.4 is 20.7 Å². The Hall–Kier alpha value is -4.00. The van der Waals surface area contributed by atoms with Crippen LogP contribution in [0.4, 0.5) is 5.69 Å². The molecule has 0 saturated carbocycles. The highest BCUT2D eigenvalue weighted by Gasteiger charge is 2.14. The van der Waals surface area contributed by atoms with Crippen molar-refractivity contribution in [2.24, 2.45) is 5.10 Å². The number of nitro benzene ring substituents is 1. The van der Waals surface area contributed by atoms with Crippen LogP contribution in [0.15, 0.2) is 75.4 Å². The van der Waals surface area contributed by atoms with Gasteiger partial charge in [0.15, 0.2) is 11.5 Å². The normalized spacial score (nSPS) is 11.1. The molecule has 0 bridgehead atoms. The van der Waals surface area contributed by atoms with Crippen molar-refractivity contribution in [1.82, 2.24) is 9.66 Å². The summed E-state index contributed by atoms with van der Waals surface area (Å²) >= 11 is 2.08. The summed E-state index contributed by atoms with van der Waals surface area (Å²) < 4.78 is 13.1. The molecule has 0 atom stereocenters. The summed E-state index contributed by atoms with van der Waals surface area (Å²) in [5, 5.41) is 15.5. The summed E-state index contributed by atoms with van der Waals surface area (Å²) in [7, 11) is 0. The molecule has 1 N–H and O–H groups in total. The second-order valence-corrected chi connectivity index (χ2v) is 8.48. The lowest BCUT2D eigenvalue weighted by Crippen LogP contribution is -2.32. The number of nitro groups is 1. The predicted molar refractivity (Wildman–Crippen MR) is 140 cm³/mol. The summed E-state index contributed by atoms with van der Waals surface area (Å²) in [6.45, 7) is 2.30. The highest BCUT2D eigenvalue weighted by Crippen LogP contribution is 2.34. The molecule has 35 heavy (non-hydrogen) atoms. The lowest BCUT2D eigenvalue weighted by Gasteiger charge is -2.14. The number of aromatic amines is 1. The number of ether oxygens (including phenoxy) is 2. The first-order valence-electron chi connectivity index (χ1n) is 10.5. The molecule has 1 aromatic heterocycles. The Morgan fingerprint density at radius 2 is 1.91 bits per heavy atom. The zero-order chi connectivity index (χ0) is 24.9. The fourth-order valence-corrected chi connectivity index (χ4v) is 4.14. The van der Waals surface area contributed by atoms with Gasteiger partial charge in [-0.3, -0.25) is 14.9 Å². The Kier molecular flexibility index (Phi) is 7.25. The van der Waals surface area contributed by atoms with Crippen molar-refractivity contribution in [3.63, 3.8) is 0 Å². The number of fused-ring (bicyclic) bond motifs is 1. The van der Waals surface area contributed by atoms with Gasteiger partial charge in [-0.25, -0.2) is 4.79 Å². The van der Waals surface area contributed by atoms with E-state index in [0.29, 0.717) is 43.7 Å². The first-order valence-corrected chi connectivity index (χ1v) is 11.6. The number of halogens is 1. The van der Waals surface area contributed by atoms with Crippen molar-refractivity contribution in [1.29, 1.82) is 0 Å². The quantitative estimate of drug-likeness (QED) is 0.144. The van der Waals surface area contributed by atoms with Crippen LogP contribution in [0.25, 0.3) is 10.9 Å². The third-order valence-electron chi connectivity index (χ3n) is 4.94. The average Bonchev–Trinajstić information content (AvgIpc) is 2.84. The van der Waals surface area contributed by atoms with E-state index in [1.54, 1.807) is 48.5 Å². The fraction of sp³-hybridized carbons (Fsp3) is 0.125. The number of aromatic nitrogens is 2. The Balaban J connectivity index is 1.63. The number of hydrogen-bond donors (Lipinski definition) is 1. The van der Waals surface area contributed by atoms with Crippen LogP contribution in [0.1, 0.15) is 18.1 Å². The van der Waals surface area contributed by atoms with Crippen LogP contribution in [-0.4, -0.2) is 27.4 Å². The third kappa shape index (κ3) is 5.40. The van der Waals surface area contributed by atoms with E-state index in [4.69, 9.17) is 9.47 Å². The molecule has 0 aliphatic rings. The molecule has 0 aliphatic heterocycles. The second kappa shape index (κ2) is 10.5. The summed E-state index contributed by atoms with van der Waals surface area (Å²) in [6, 6.07) is 16.3. The van der Waals surface area contributed by atoms with E-state index >= 15 is 0 Å². The predicted octanol–water partition coefficient (Wildman–Crippen LogP) is 4.06. The first kappa shape index (κ1) is 24.1. The largest absolute Gasteiger partial charge is 0.490 e. The van der Waals surface area contributed by atoms with E-state index in [1.165, 1.54) is 18.3 Å². The fourth-order valence-electron chi connectivity index (χ4n) is 3.36. The van der Waals surface area contributed by atoms with Gasteiger partial charge in [0.1, 0.15) is 6.61 Å². The molecule has 3 aromatic carbocycles. The molecular weight excluding hydrogens is 567 g/mol. The van der Waals surface area contributed by atoms with E-state index in [0.717, 1.165) is 4.68 Å². The minimum absolute atomic E-state index is 0.0173. The number of hydrogen-bond acceptors (Lipinski definition) is 7. The van der Waals surface area contributed by atoms with Gasteiger partial charge in [0.25, 0.3) is 11.2 Å². The molecule has 11 heteroatoms. The van der Waals surface area contributed by atoms with Gasteiger partial charge in [-0.1, -0.05) is 24.3 Å². The lowest BCUT2D eigenvalue weighted by molar-refractivity contribution is -0.384. The zero-order valence-corrected chi connectivity index (χ0v) is 20.6. The second-order valence-electron chi connectivity index (χ2n) is 7.32. The van der Waals surface area contributed by atoms with Crippen LogP contribution >= 0.6 is 22.6 Å². The number of para-hydroxylation sites is 1. The van der Waals surface area contributed by atoms with Gasteiger partial charge in [0.2, 0.25) is 0 Å². The van der Waals surface area contributed by atoms with Crippen molar-refractivity contribution in [2.45, 2.75) is 13.5 Å². The lowest BCUT2D eigenvalue weighted by atomic mass is 10.2. The summed E-state index contributed by atoms with van der Waals surface area (Å²) in [5.74, 6) is 0.905. The van der Waals surface area contributed by atoms with Gasteiger partial charge in [-0.2, -0.15) is 5.10 Å². The van der Waals surface area contributed by atoms with E-state index in [2.05, 4.69) is 32.7 Å². The van der Waals surface area contributed by atoms with E-state index < -0.39 is 16.2 Å². The molecular formula is C24H19IN4O6. The van der Waals surface area contributed by atoms with E-state index in [9.17, 15) is 19.7 Å². The highest BCUT2D eigenvalue weighted by atomic mass is 127. The van der Waals surface area contributed by atoms with Crippen LogP contribution in [0, 0.1) is 13.7 Å². The summed E-state index contributed by atoms with van der Waals surface area (Å²) in [5.41, 5.74) is 0.459. The van der Waals surface area contributed by atoms with E-state index in [-0.39, 0.29) is 12.3 Å². The van der Waals surface area contributed by atoms with Gasteiger partial charge in [0, 0.05) is 12.1 Å². The Labute approximate surface area is 212 Å². The van der Waals surface area contributed by atoms with Crippen molar-refractivity contribution < 1.29 is 14.4 Å². The molecule has 0 spiro atoms. The van der Waals surface area contributed by atoms with E-state index in [1.807, 2.05) is 6.92 Å².